The Kier molecular flexibility index (Phi) is 9.99. The number of nitrogens with one attached hydrogen (secondary N) is 2. The largest absolute Gasteiger partial charge is 0.434 e. The van der Waals surface area contributed by atoms with E-state index in [1.807, 2.05) is 6.92 Å². The van der Waals surface area contributed by atoms with E-state index in [2.05, 4.69) is 37.2 Å². The van der Waals surface area contributed by atoms with Crippen molar-refractivity contribution in [1.82, 2.24) is 20.4 Å². The molecule has 2 rings (SSSR count). The number of guanidine groups is 1. The fourth-order valence-electron chi connectivity index (χ4n) is 3.09. The second-order valence-electron chi connectivity index (χ2n) is 6.96. The molecule has 0 unspecified atom stereocenters. The molecule has 1 aromatic rings. The zero-order chi connectivity index (χ0) is 20.2. The summed E-state index contributed by atoms with van der Waals surface area (Å²) in [5, 5.41) is 6.51. The molecule has 2 N–H and O–H groups in total. The van der Waals surface area contributed by atoms with Crippen LogP contribution in [0.1, 0.15) is 25.3 Å². The summed E-state index contributed by atoms with van der Waals surface area (Å²) in [7, 11) is 2.17. The van der Waals surface area contributed by atoms with Gasteiger partial charge in [0.1, 0.15) is 5.75 Å². The molecular weight excluding hydrogens is 364 g/mol. The predicted octanol–water partition coefficient (Wildman–Crippen LogP) is 2.37. The lowest BCUT2D eigenvalue weighted by Gasteiger charge is -2.32. The van der Waals surface area contributed by atoms with Crippen molar-refractivity contribution in [1.29, 1.82) is 0 Å². The van der Waals surface area contributed by atoms with Gasteiger partial charge in [0.15, 0.2) is 5.96 Å². The second kappa shape index (κ2) is 12.5. The Morgan fingerprint density at radius 1 is 1.14 bits per heavy atom. The number of rotatable bonds is 10. The first-order chi connectivity index (χ1) is 13.6. The Labute approximate surface area is 166 Å². The standard InChI is InChI=1S/C20H33F2N5O/c1-3-23-20(24-10-6-7-11-27-14-12-26(2)13-15-27)25-16-17-8-4-5-9-18(17)28-19(21)22/h4-5,8-9,19H,3,6-7,10-16H2,1-2H3,(H2,23,24,25). The van der Waals surface area contributed by atoms with Gasteiger partial charge in [-0.25, -0.2) is 4.99 Å². The number of piperazine rings is 1. The maximum Gasteiger partial charge on any atom is 0.387 e. The molecule has 0 atom stereocenters. The lowest BCUT2D eigenvalue weighted by molar-refractivity contribution is -0.0504. The topological polar surface area (TPSA) is 52.1 Å². The number of alkyl halides is 2. The number of hydrogen-bond acceptors (Lipinski definition) is 4. The quantitative estimate of drug-likeness (QED) is 0.361. The Bertz CT molecular complexity index is 592. The van der Waals surface area contributed by atoms with Gasteiger partial charge in [0.25, 0.3) is 0 Å². The summed E-state index contributed by atoms with van der Waals surface area (Å²) in [6.07, 6.45) is 2.20. The number of ether oxygens (including phenoxy) is 1. The molecule has 1 aliphatic heterocycles. The average molecular weight is 398 g/mol. The molecule has 6 nitrogen and oxygen atoms in total. The number of aliphatic imine (C=N–C) groups is 1. The van der Waals surface area contributed by atoms with Crippen LogP contribution in [0.2, 0.25) is 0 Å². The third kappa shape index (κ3) is 8.39. The Morgan fingerprint density at radius 3 is 2.61 bits per heavy atom. The lowest BCUT2D eigenvalue weighted by atomic mass is 10.2. The van der Waals surface area contributed by atoms with E-state index >= 15 is 0 Å². The minimum Gasteiger partial charge on any atom is -0.434 e. The third-order valence-electron chi connectivity index (χ3n) is 4.73. The van der Waals surface area contributed by atoms with Crippen molar-refractivity contribution in [2.75, 3.05) is 52.9 Å². The van der Waals surface area contributed by atoms with E-state index in [9.17, 15) is 8.78 Å². The van der Waals surface area contributed by atoms with Gasteiger partial charge in [-0.3, -0.25) is 0 Å². The lowest BCUT2D eigenvalue weighted by Crippen LogP contribution is -2.44. The van der Waals surface area contributed by atoms with Gasteiger partial charge in [-0.2, -0.15) is 8.78 Å². The van der Waals surface area contributed by atoms with Crippen molar-refractivity contribution in [3.8, 4) is 5.75 Å². The predicted molar refractivity (Wildman–Crippen MR) is 109 cm³/mol. The molecule has 1 aromatic carbocycles. The molecule has 0 aliphatic carbocycles. The van der Waals surface area contributed by atoms with Crippen molar-refractivity contribution in [3.05, 3.63) is 29.8 Å². The molecule has 0 radical (unpaired) electrons. The first-order valence-electron chi connectivity index (χ1n) is 10.0. The van der Waals surface area contributed by atoms with E-state index in [0.717, 1.165) is 58.7 Å². The third-order valence-corrected chi connectivity index (χ3v) is 4.73. The number of benzene rings is 1. The van der Waals surface area contributed by atoms with Crippen LogP contribution in [0.4, 0.5) is 8.78 Å². The van der Waals surface area contributed by atoms with Crippen molar-refractivity contribution in [2.45, 2.75) is 32.9 Å². The fraction of sp³-hybridized carbons (Fsp3) is 0.650. The zero-order valence-electron chi connectivity index (χ0n) is 17.0. The highest BCUT2D eigenvalue weighted by Crippen LogP contribution is 2.20. The van der Waals surface area contributed by atoms with Crippen LogP contribution in [0.5, 0.6) is 5.75 Å². The first-order valence-corrected chi connectivity index (χ1v) is 10.0. The molecule has 0 saturated carbocycles. The van der Waals surface area contributed by atoms with Crippen LogP contribution in [0.15, 0.2) is 29.3 Å². The molecule has 28 heavy (non-hydrogen) atoms. The average Bonchev–Trinajstić information content (AvgIpc) is 2.68. The van der Waals surface area contributed by atoms with Crippen LogP contribution >= 0.6 is 0 Å². The Morgan fingerprint density at radius 2 is 1.89 bits per heavy atom. The molecule has 0 aromatic heterocycles. The summed E-state index contributed by atoms with van der Waals surface area (Å²) in [5.74, 6) is 0.859. The molecule has 0 spiro atoms. The van der Waals surface area contributed by atoms with Gasteiger partial charge < -0.3 is 25.2 Å². The van der Waals surface area contributed by atoms with Crippen LogP contribution in [-0.4, -0.2) is 75.2 Å². The zero-order valence-corrected chi connectivity index (χ0v) is 17.0. The molecule has 1 heterocycles. The highest BCUT2D eigenvalue weighted by molar-refractivity contribution is 5.79. The smallest absolute Gasteiger partial charge is 0.387 e. The van der Waals surface area contributed by atoms with Crippen molar-refractivity contribution >= 4 is 5.96 Å². The van der Waals surface area contributed by atoms with Gasteiger partial charge >= 0.3 is 6.61 Å². The minimum absolute atomic E-state index is 0.171. The summed E-state index contributed by atoms with van der Waals surface area (Å²) in [6.45, 7) is 6.72. The minimum atomic E-state index is -2.84. The Hall–Kier alpha value is -1.93. The van der Waals surface area contributed by atoms with Crippen molar-refractivity contribution in [3.63, 3.8) is 0 Å². The SMILES string of the molecule is CCNC(=NCc1ccccc1OC(F)F)NCCCCN1CCN(C)CC1. The number of para-hydroxylation sites is 1. The van der Waals surface area contributed by atoms with Crippen LogP contribution in [0.25, 0.3) is 0 Å². The molecule has 1 fully saturated rings. The van der Waals surface area contributed by atoms with Gasteiger partial charge in [-0.1, -0.05) is 18.2 Å². The second-order valence-corrected chi connectivity index (χ2v) is 6.96. The van der Waals surface area contributed by atoms with Gasteiger partial charge in [0, 0.05) is 44.8 Å². The Balaban J connectivity index is 1.75. The highest BCUT2D eigenvalue weighted by atomic mass is 19.3. The van der Waals surface area contributed by atoms with Crippen molar-refractivity contribution in [2.24, 2.45) is 4.99 Å². The van der Waals surface area contributed by atoms with Gasteiger partial charge in [0.05, 0.1) is 6.54 Å². The fourth-order valence-corrected chi connectivity index (χ4v) is 3.09. The molecule has 0 bridgehead atoms. The molecule has 1 aliphatic rings. The van der Waals surface area contributed by atoms with Crippen LogP contribution in [0, 0.1) is 0 Å². The summed E-state index contributed by atoms with van der Waals surface area (Å²) in [6, 6.07) is 6.76. The summed E-state index contributed by atoms with van der Waals surface area (Å²) < 4.78 is 29.6. The molecule has 8 heteroatoms. The van der Waals surface area contributed by atoms with Gasteiger partial charge in [0.2, 0.25) is 0 Å². The maximum atomic E-state index is 12.5. The number of hydrogen-bond donors (Lipinski definition) is 2. The van der Waals surface area contributed by atoms with Gasteiger partial charge in [-0.05, 0) is 39.4 Å². The summed E-state index contributed by atoms with van der Waals surface area (Å²) >= 11 is 0. The van der Waals surface area contributed by atoms with Crippen molar-refractivity contribution < 1.29 is 13.5 Å². The highest BCUT2D eigenvalue weighted by Gasteiger charge is 2.12. The molecule has 158 valence electrons. The maximum absolute atomic E-state index is 12.5. The van der Waals surface area contributed by atoms with Crippen LogP contribution in [-0.2, 0) is 6.54 Å². The van der Waals surface area contributed by atoms with E-state index in [1.165, 1.54) is 6.07 Å². The summed E-state index contributed by atoms with van der Waals surface area (Å²) in [5.41, 5.74) is 0.634. The van der Waals surface area contributed by atoms with E-state index in [0.29, 0.717) is 11.5 Å². The molecule has 0 amide bonds. The monoisotopic (exact) mass is 397 g/mol. The van der Waals surface area contributed by atoms with Crippen LogP contribution in [0.3, 0.4) is 0 Å². The molecule has 1 saturated heterocycles. The summed E-state index contributed by atoms with van der Waals surface area (Å²) in [4.78, 5) is 9.38. The van der Waals surface area contributed by atoms with Crippen LogP contribution < -0.4 is 15.4 Å². The van der Waals surface area contributed by atoms with E-state index in [1.54, 1.807) is 18.2 Å². The number of halogens is 2. The first kappa shape index (κ1) is 22.4. The van der Waals surface area contributed by atoms with E-state index in [4.69, 9.17) is 0 Å². The normalized spacial score (nSPS) is 16.4. The van der Waals surface area contributed by atoms with Gasteiger partial charge in [-0.15, -0.1) is 0 Å². The van der Waals surface area contributed by atoms with E-state index < -0.39 is 6.61 Å². The van der Waals surface area contributed by atoms with E-state index in [-0.39, 0.29) is 12.3 Å². The number of unbranched alkanes of at least 4 members (excludes halogenated alkanes) is 1. The molecular formula is C20H33F2N5O. The number of nitrogens with zero attached hydrogens (tertiary/aromatic N) is 3. The number of likely N-dealkylation sites (N-methyl/N-ethyl adjacent to an activating group) is 1.